The Balaban J connectivity index is 1.76. The highest BCUT2D eigenvalue weighted by Gasteiger charge is 2.74. The number of hydrogen-bond acceptors (Lipinski definition) is 5. The molecule has 2 bridgehead atoms. The molecule has 1 aromatic rings. The Morgan fingerprint density at radius 3 is 2.43 bits per heavy atom. The molecule has 3 amide bonds. The molecule has 4 rings (SSSR count). The van der Waals surface area contributed by atoms with Gasteiger partial charge in [0.25, 0.3) is 0 Å². The van der Waals surface area contributed by atoms with E-state index in [1.165, 1.54) is 0 Å². The van der Waals surface area contributed by atoms with Gasteiger partial charge in [-0.05, 0) is 50.5 Å². The minimum Gasteiger partial charge on any atom is -0.394 e. The van der Waals surface area contributed by atoms with E-state index in [0.717, 1.165) is 24.8 Å². The number of benzene rings is 1. The number of hydrogen-bond donors (Lipinski definition) is 3. The van der Waals surface area contributed by atoms with Gasteiger partial charge in [0.05, 0.1) is 29.2 Å². The maximum atomic E-state index is 14.3. The van der Waals surface area contributed by atoms with Crippen LogP contribution >= 0.6 is 11.8 Å². The fourth-order valence-electron chi connectivity index (χ4n) is 7.19. The number of nitrogens with zero attached hydrogens (tertiary/aromatic N) is 1. The summed E-state index contributed by atoms with van der Waals surface area (Å²) in [5.41, 5.74) is 0.302. The first-order chi connectivity index (χ1) is 17.3. The van der Waals surface area contributed by atoms with Crippen LogP contribution in [0.4, 0.5) is 0 Å². The molecule has 0 saturated carbocycles. The fraction of sp³-hybridized carbons (Fsp3) is 0.690. The van der Waals surface area contributed by atoms with E-state index in [9.17, 15) is 19.5 Å². The number of nitrogens with one attached hydrogen (secondary N) is 2. The Bertz CT molecular complexity index is 1020. The lowest BCUT2D eigenvalue weighted by Gasteiger charge is -2.40. The zero-order chi connectivity index (χ0) is 27.2. The second kappa shape index (κ2) is 10.3. The minimum absolute atomic E-state index is 0.00345. The molecule has 3 saturated heterocycles. The molecule has 2 unspecified atom stereocenters. The van der Waals surface area contributed by atoms with Crippen molar-refractivity contribution in [3.05, 3.63) is 35.9 Å². The van der Waals surface area contributed by atoms with Gasteiger partial charge in [-0.2, -0.15) is 0 Å². The van der Waals surface area contributed by atoms with Crippen LogP contribution in [-0.4, -0.2) is 62.5 Å². The van der Waals surface area contributed by atoms with Crippen molar-refractivity contribution in [1.29, 1.82) is 0 Å². The molecule has 0 aromatic heterocycles. The van der Waals surface area contributed by atoms with Crippen LogP contribution in [0.5, 0.6) is 0 Å². The summed E-state index contributed by atoms with van der Waals surface area (Å²) in [6.07, 6.45) is 3.09. The Hall–Kier alpha value is -2.06. The van der Waals surface area contributed by atoms with Crippen molar-refractivity contribution >= 4 is 29.5 Å². The molecule has 1 aromatic carbocycles. The molecule has 0 aliphatic carbocycles. The van der Waals surface area contributed by atoms with Gasteiger partial charge in [-0.1, -0.05) is 58.0 Å². The molecular weight excluding hydrogens is 486 g/mol. The van der Waals surface area contributed by atoms with Gasteiger partial charge in [0.2, 0.25) is 17.7 Å². The summed E-state index contributed by atoms with van der Waals surface area (Å²) < 4.78 is -0.680. The summed E-state index contributed by atoms with van der Waals surface area (Å²) in [4.78, 5) is 43.4. The first-order valence-corrected chi connectivity index (χ1v) is 14.5. The van der Waals surface area contributed by atoms with Gasteiger partial charge in [0.1, 0.15) is 6.04 Å². The molecule has 3 heterocycles. The number of carbonyl (C=O) groups excluding carboxylic acids is 3. The summed E-state index contributed by atoms with van der Waals surface area (Å²) >= 11 is 1.66. The Morgan fingerprint density at radius 2 is 1.84 bits per heavy atom. The lowest BCUT2D eigenvalue weighted by atomic mass is 9.70. The van der Waals surface area contributed by atoms with Crippen molar-refractivity contribution in [1.82, 2.24) is 15.5 Å². The zero-order valence-corrected chi connectivity index (χ0v) is 23.9. The van der Waals surface area contributed by atoms with E-state index in [1.54, 1.807) is 16.7 Å². The SMILES string of the molecule is CCCNC(=O)[C@@H]1[C@@H]2CCC3(S2)C(C(=O)NC(C)(C)CC(C)(C)C)N([C@H](CO)c2ccccc2)C(=O)[C@H]13. The molecule has 3 N–H and O–H groups in total. The third-order valence-corrected chi connectivity index (χ3v) is 9.92. The van der Waals surface area contributed by atoms with E-state index in [4.69, 9.17) is 0 Å². The van der Waals surface area contributed by atoms with Gasteiger partial charge in [-0.3, -0.25) is 14.4 Å². The first kappa shape index (κ1) is 28.0. The monoisotopic (exact) mass is 529 g/mol. The normalized spacial score (nSPS) is 29.8. The molecule has 204 valence electrons. The summed E-state index contributed by atoms with van der Waals surface area (Å²) in [5.74, 6) is -1.51. The molecule has 37 heavy (non-hydrogen) atoms. The van der Waals surface area contributed by atoms with E-state index in [2.05, 4.69) is 31.4 Å². The molecule has 3 aliphatic rings. The van der Waals surface area contributed by atoms with Crippen molar-refractivity contribution in [2.24, 2.45) is 17.3 Å². The number of carbonyl (C=O) groups is 3. The molecule has 7 nitrogen and oxygen atoms in total. The van der Waals surface area contributed by atoms with Crippen LogP contribution in [0.1, 0.15) is 78.8 Å². The predicted octanol–water partition coefficient (Wildman–Crippen LogP) is 3.67. The van der Waals surface area contributed by atoms with Crippen LogP contribution in [0.3, 0.4) is 0 Å². The summed E-state index contributed by atoms with van der Waals surface area (Å²) in [5, 5.41) is 16.9. The minimum atomic E-state index is -0.763. The summed E-state index contributed by atoms with van der Waals surface area (Å²) in [6, 6.07) is 7.99. The number of rotatable bonds is 9. The van der Waals surface area contributed by atoms with Gasteiger partial charge in [0.15, 0.2) is 0 Å². The van der Waals surface area contributed by atoms with Crippen molar-refractivity contribution in [3.8, 4) is 0 Å². The maximum Gasteiger partial charge on any atom is 0.244 e. The standard InChI is InChI=1S/C29H43N3O4S/c1-7-15-30-24(34)21-20-13-14-29(37-20)22(21)26(36)32(19(16-33)18-11-9-8-10-12-18)23(29)25(35)31-28(5,6)17-27(2,3)4/h8-12,19-23,33H,7,13-17H2,1-6H3,(H,30,34)(H,31,35)/t19-,20+,21-,22+,23?,29?/m1/s1. The summed E-state index contributed by atoms with van der Waals surface area (Å²) in [6.45, 7) is 12.8. The van der Waals surface area contributed by atoms with Gasteiger partial charge >= 0.3 is 0 Å². The molecule has 8 heteroatoms. The van der Waals surface area contributed by atoms with Crippen LogP contribution in [-0.2, 0) is 14.4 Å². The van der Waals surface area contributed by atoms with Gasteiger partial charge < -0.3 is 20.6 Å². The number of amides is 3. The second-order valence-electron chi connectivity index (χ2n) is 12.8. The summed E-state index contributed by atoms with van der Waals surface area (Å²) in [7, 11) is 0. The maximum absolute atomic E-state index is 14.3. The largest absolute Gasteiger partial charge is 0.394 e. The molecule has 6 atom stereocenters. The number of likely N-dealkylation sites (tertiary alicyclic amines) is 1. The van der Waals surface area contributed by atoms with E-state index in [-0.39, 0.29) is 35.0 Å². The van der Waals surface area contributed by atoms with Crippen LogP contribution < -0.4 is 10.6 Å². The Morgan fingerprint density at radius 1 is 1.16 bits per heavy atom. The Labute approximate surface area is 225 Å². The zero-order valence-electron chi connectivity index (χ0n) is 23.0. The van der Waals surface area contributed by atoms with Gasteiger partial charge in [-0.15, -0.1) is 11.8 Å². The van der Waals surface area contributed by atoms with E-state index in [0.29, 0.717) is 13.0 Å². The fourth-order valence-corrected chi connectivity index (χ4v) is 9.40. The number of aliphatic hydroxyl groups is 1. The van der Waals surface area contributed by atoms with E-state index in [1.807, 2.05) is 51.1 Å². The van der Waals surface area contributed by atoms with Crippen molar-refractivity contribution in [2.45, 2.75) is 94.8 Å². The third-order valence-electron chi connectivity index (χ3n) is 7.97. The van der Waals surface area contributed by atoms with Crippen LogP contribution in [0.2, 0.25) is 0 Å². The first-order valence-electron chi connectivity index (χ1n) is 13.6. The molecule has 3 aliphatic heterocycles. The van der Waals surface area contributed by atoms with Crippen molar-refractivity contribution < 1.29 is 19.5 Å². The highest BCUT2D eigenvalue weighted by molar-refractivity contribution is 8.02. The highest BCUT2D eigenvalue weighted by atomic mass is 32.2. The van der Waals surface area contributed by atoms with Gasteiger partial charge in [0, 0.05) is 17.3 Å². The predicted molar refractivity (Wildman–Crippen MR) is 147 cm³/mol. The Kier molecular flexibility index (Phi) is 7.75. The molecule has 1 spiro atoms. The number of thioether (sulfide) groups is 1. The highest BCUT2D eigenvalue weighted by Crippen LogP contribution is 2.67. The lowest BCUT2D eigenvalue weighted by molar-refractivity contribution is -0.143. The quantitative estimate of drug-likeness (QED) is 0.453. The smallest absolute Gasteiger partial charge is 0.244 e. The second-order valence-corrected chi connectivity index (χ2v) is 14.4. The molecular formula is C29H43N3O4S. The number of fused-ring (bicyclic) bond motifs is 1. The van der Waals surface area contributed by atoms with Crippen LogP contribution in [0, 0.1) is 17.3 Å². The molecule has 0 radical (unpaired) electrons. The van der Waals surface area contributed by atoms with E-state index >= 15 is 0 Å². The molecule has 3 fully saturated rings. The van der Waals surface area contributed by atoms with Crippen molar-refractivity contribution in [3.63, 3.8) is 0 Å². The number of aliphatic hydroxyl groups excluding tert-OH is 1. The lowest BCUT2D eigenvalue weighted by Crippen LogP contribution is -2.59. The average Bonchev–Trinajstić information content (AvgIpc) is 3.44. The van der Waals surface area contributed by atoms with Crippen LogP contribution in [0.25, 0.3) is 0 Å². The van der Waals surface area contributed by atoms with Gasteiger partial charge in [-0.25, -0.2) is 0 Å². The van der Waals surface area contributed by atoms with E-state index < -0.39 is 34.2 Å². The van der Waals surface area contributed by atoms with Crippen molar-refractivity contribution in [2.75, 3.05) is 13.2 Å². The average molecular weight is 530 g/mol. The van der Waals surface area contributed by atoms with Crippen LogP contribution in [0.15, 0.2) is 30.3 Å². The topological polar surface area (TPSA) is 98.7 Å². The third kappa shape index (κ3) is 5.16.